The Morgan fingerprint density at radius 3 is 2.20 bits per heavy atom. The van der Waals surface area contributed by atoms with Crippen molar-refractivity contribution < 1.29 is 35.8 Å². The fraction of sp³-hybridized carbons (Fsp3) is 0. The molecule has 0 aliphatic carbocycles. The van der Waals surface area contributed by atoms with E-state index in [1.54, 1.807) is 24.3 Å². The van der Waals surface area contributed by atoms with Gasteiger partial charge in [0.05, 0.1) is 0 Å². The molecule has 0 aliphatic rings. The van der Waals surface area contributed by atoms with Gasteiger partial charge in [0.1, 0.15) is 6.29 Å². The molecule has 0 saturated carbocycles. The van der Waals surface area contributed by atoms with E-state index in [0.29, 0.717) is 11.3 Å². The Bertz CT molecular complexity index is 212. The van der Waals surface area contributed by atoms with E-state index in [0.717, 1.165) is 6.29 Å². The van der Waals surface area contributed by atoms with Crippen molar-refractivity contribution in [3.05, 3.63) is 29.8 Å². The number of hydrogen-bond acceptors (Lipinski definition) is 2. The van der Waals surface area contributed by atoms with Gasteiger partial charge in [-0.05, 0) is 24.3 Å². The van der Waals surface area contributed by atoms with Gasteiger partial charge in [-0.3, -0.25) is 4.79 Å². The largest absolute Gasteiger partial charge is 1.00 e. The summed E-state index contributed by atoms with van der Waals surface area (Å²) >= 11 is 0. The second-order valence-electron chi connectivity index (χ2n) is 1.78. The molecule has 48 valence electrons. The molecule has 2 nitrogen and oxygen atoms in total. The van der Waals surface area contributed by atoms with Gasteiger partial charge in [-0.15, -0.1) is 0 Å². The number of carbonyl (C=O) groups is 1. The number of benzene rings is 1. The van der Waals surface area contributed by atoms with Crippen LogP contribution in [-0.2, 0) is 0 Å². The molecule has 0 amide bonds. The van der Waals surface area contributed by atoms with Crippen molar-refractivity contribution in [2.75, 3.05) is 5.73 Å². The minimum atomic E-state index is 0. The Kier molecular flexibility index (Phi) is 4.36. The van der Waals surface area contributed by atoms with Crippen LogP contribution < -0.4 is 35.3 Å². The first kappa shape index (κ1) is 9.69. The van der Waals surface area contributed by atoms with Crippen molar-refractivity contribution in [1.29, 1.82) is 0 Å². The van der Waals surface area contributed by atoms with Gasteiger partial charge >= 0.3 is 29.6 Å². The molecule has 0 atom stereocenters. The molecule has 0 heterocycles. The maximum atomic E-state index is 10.1. The van der Waals surface area contributed by atoms with Crippen LogP contribution in [0.3, 0.4) is 0 Å². The summed E-state index contributed by atoms with van der Waals surface area (Å²) in [6.45, 7) is 0. The van der Waals surface area contributed by atoms with E-state index in [1.165, 1.54) is 0 Å². The summed E-state index contributed by atoms with van der Waals surface area (Å²) in [4.78, 5) is 10.1. The summed E-state index contributed by atoms with van der Waals surface area (Å²) < 4.78 is 0. The molecule has 0 aliphatic heterocycles. The molecule has 1 aromatic carbocycles. The maximum Gasteiger partial charge on any atom is 1.00 e. The fourth-order valence-electron chi connectivity index (χ4n) is 0.575. The van der Waals surface area contributed by atoms with Crippen LogP contribution in [0.15, 0.2) is 24.3 Å². The van der Waals surface area contributed by atoms with Crippen LogP contribution in [0.2, 0.25) is 0 Å². The number of aldehydes is 1. The molecule has 3 heteroatoms. The van der Waals surface area contributed by atoms with E-state index in [-0.39, 0.29) is 31.0 Å². The van der Waals surface area contributed by atoms with Gasteiger partial charge in [0, 0.05) is 11.3 Å². The Morgan fingerprint density at radius 1 is 1.30 bits per heavy atom. The zero-order chi connectivity index (χ0) is 6.69. The SMILES string of the molecule is Nc1ccc(C=O)cc1.[H-].[Na+]. The first-order valence-corrected chi connectivity index (χ1v) is 2.63. The van der Waals surface area contributed by atoms with Crippen LogP contribution in [0, 0.1) is 0 Å². The summed E-state index contributed by atoms with van der Waals surface area (Å²) in [6.07, 6.45) is 0.791. The maximum absolute atomic E-state index is 10.1. The second kappa shape index (κ2) is 4.50. The van der Waals surface area contributed by atoms with Crippen molar-refractivity contribution in [2.24, 2.45) is 0 Å². The summed E-state index contributed by atoms with van der Waals surface area (Å²) in [6, 6.07) is 6.76. The van der Waals surface area contributed by atoms with Crippen LogP contribution in [0.4, 0.5) is 5.69 Å². The number of carbonyl (C=O) groups excluding carboxylic acids is 1. The summed E-state index contributed by atoms with van der Waals surface area (Å²) in [5.74, 6) is 0. The van der Waals surface area contributed by atoms with Crippen molar-refractivity contribution in [2.45, 2.75) is 0 Å². The van der Waals surface area contributed by atoms with Gasteiger partial charge in [0.15, 0.2) is 0 Å². The third kappa shape index (κ3) is 2.52. The summed E-state index contributed by atoms with van der Waals surface area (Å²) in [5, 5.41) is 0. The number of nitrogens with two attached hydrogens (primary N) is 1. The Labute approximate surface area is 83.2 Å². The third-order valence-corrected chi connectivity index (χ3v) is 1.07. The molecule has 1 rings (SSSR count). The van der Waals surface area contributed by atoms with Crippen LogP contribution in [0.5, 0.6) is 0 Å². The van der Waals surface area contributed by atoms with E-state index in [9.17, 15) is 4.79 Å². The van der Waals surface area contributed by atoms with Gasteiger partial charge in [0.25, 0.3) is 0 Å². The van der Waals surface area contributed by atoms with Gasteiger partial charge in [-0.2, -0.15) is 0 Å². The molecule has 0 aromatic heterocycles. The number of hydrogen-bond donors (Lipinski definition) is 1. The first-order valence-electron chi connectivity index (χ1n) is 2.63. The van der Waals surface area contributed by atoms with Gasteiger partial charge in [-0.25, -0.2) is 0 Å². The molecule has 0 radical (unpaired) electrons. The normalized spacial score (nSPS) is 8.00. The summed E-state index contributed by atoms with van der Waals surface area (Å²) in [5.41, 5.74) is 6.70. The number of anilines is 1. The molecular weight excluding hydrogens is 137 g/mol. The average Bonchev–Trinajstić information content (AvgIpc) is 1.90. The zero-order valence-electron chi connectivity index (χ0n) is 6.87. The van der Waals surface area contributed by atoms with Crippen LogP contribution in [0.25, 0.3) is 0 Å². The number of rotatable bonds is 1. The molecule has 0 bridgehead atoms. The van der Waals surface area contributed by atoms with E-state index < -0.39 is 0 Å². The van der Waals surface area contributed by atoms with E-state index in [4.69, 9.17) is 5.73 Å². The zero-order valence-corrected chi connectivity index (χ0v) is 7.87. The Morgan fingerprint density at radius 2 is 1.80 bits per heavy atom. The molecule has 0 fully saturated rings. The number of nitrogen functional groups attached to an aromatic ring is 1. The smallest absolute Gasteiger partial charge is 1.00 e. The predicted molar refractivity (Wildman–Crippen MR) is 37.4 cm³/mol. The summed E-state index contributed by atoms with van der Waals surface area (Å²) in [7, 11) is 0. The molecule has 0 spiro atoms. The topological polar surface area (TPSA) is 43.1 Å². The van der Waals surface area contributed by atoms with Crippen molar-refractivity contribution >= 4 is 12.0 Å². The molecule has 0 saturated heterocycles. The Balaban J connectivity index is 0. The molecule has 1 aromatic rings. The Hall–Kier alpha value is -0.310. The fourth-order valence-corrected chi connectivity index (χ4v) is 0.575. The van der Waals surface area contributed by atoms with E-state index in [1.807, 2.05) is 0 Å². The second-order valence-corrected chi connectivity index (χ2v) is 1.78. The van der Waals surface area contributed by atoms with E-state index in [2.05, 4.69) is 0 Å². The average molecular weight is 145 g/mol. The van der Waals surface area contributed by atoms with Gasteiger partial charge < -0.3 is 7.16 Å². The predicted octanol–water partition coefficient (Wildman–Crippen LogP) is -1.80. The minimum Gasteiger partial charge on any atom is -1.00 e. The first-order chi connectivity index (χ1) is 4.33. The van der Waals surface area contributed by atoms with E-state index >= 15 is 0 Å². The monoisotopic (exact) mass is 145 g/mol. The quantitative estimate of drug-likeness (QED) is 0.288. The molecule has 2 N–H and O–H groups in total. The molecule has 10 heavy (non-hydrogen) atoms. The molecule has 0 unspecified atom stereocenters. The molecular formula is C7H8NNaO. The third-order valence-electron chi connectivity index (χ3n) is 1.07. The standard InChI is InChI=1S/C7H7NO.Na.H/c8-7-3-1-6(5-9)2-4-7;;/h1-5H,8H2;;/q;+1;-1. The minimum absolute atomic E-state index is 0. The van der Waals surface area contributed by atoms with Crippen molar-refractivity contribution in [1.82, 2.24) is 0 Å². The van der Waals surface area contributed by atoms with Crippen molar-refractivity contribution in [3.63, 3.8) is 0 Å². The van der Waals surface area contributed by atoms with Gasteiger partial charge in [-0.1, -0.05) is 0 Å². The van der Waals surface area contributed by atoms with Gasteiger partial charge in [0.2, 0.25) is 0 Å². The van der Waals surface area contributed by atoms with Crippen LogP contribution in [-0.4, -0.2) is 6.29 Å². The van der Waals surface area contributed by atoms with Crippen LogP contribution >= 0.6 is 0 Å². The van der Waals surface area contributed by atoms with Crippen LogP contribution in [0.1, 0.15) is 11.8 Å². The van der Waals surface area contributed by atoms with Crippen molar-refractivity contribution in [3.8, 4) is 0 Å².